The van der Waals surface area contributed by atoms with Crippen LogP contribution < -0.4 is 5.32 Å². The van der Waals surface area contributed by atoms with Crippen LogP contribution in [0.1, 0.15) is 25.2 Å². The maximum atomic E-state index is 12.1. The summed E-state index contributed by atoms with van der Waals surface area (Å²) in [4.78, 5) is 16.5. The lowest BCUT2D eigenvalue weighted by Crippen LogP contribution is -2.42. The molecular weight excluding hydrogens is 290 g/mol. The second-order valence-electron chi connectivity index (χ2n) is 5.89. The number of nitrogens with zero attached hydrogens (tertiary/aromatic N) is 2. The molecule has 118 valence electrons. The summed E-state index contributed by atoms with van der Waals surface area (Å²) in [7, 11) is 0. The lowest BCUT2D eigenvalue weighted by atomic mass is 10.1. The van der Waals surface area contributed by atoms with Gasteiger partial charge in [0.15, 0.2) is 0 Å². The monoisotopic (exact) mass is 309 g/mol. The molecule has 0 saturated heterocycles. The van der Waals surface area contributed by atoms with E-state index >= 15 is 0 Å². The fraction of sp³-hybridized carbons (Fsp3) is 0.222. The third kappa shape index (κ3) is 3.34. The van der Waals surface area contributed by atoms with Crippen LogP contribution >= 0.6 is 0 Å². The summed E-state index contributed by atoms with van der Waals surface area (Å²) in [5.41, 5.74) is 1.28. The van der Waals surface area contributed by atoms with Gasteiger partial charge in [0.2, 0.25) is 0 Å². The van der Waals surface area contributed by atoms with Crippen molar-refractivity contribution in [3.8, 4) is 0 Å². The van der Waals surface area contributed by atoms with Crippen LogP contribution in [0.15, 0.2) is 60.9 Å². The molecule has 0 aliphatic heterocycles. The zero-order valence-electron chi connectivity index (χ0n) is 13.2. The quantitative estimate of drug-likeness (QED) is 0.802. The molecule has 0 atom stereocenters. The number of pyridine rings is 1. The Morgan fingerprint density at radius 3 is 2.70 bits per heavy atom. The number of fused-ring (bicyclic) bond motifs is 1. The molecule has 0 fully saturated rings. The highest BCUT2D eigenvalue weighted by atomic mass is 16.5. The van der Waals surface area contributed by atoms with Crippen LogP contribution in [0.5, 0.6) is 0 Å². The van der Waals surface area contributed by atoms with Crippen molar-refractivity contribution in [2.45, 2.75) is 26.0 Å². The second-order valence-corrected chi connectivity index (χ2v) is 5.89. The van der Waals surface area contributed by atoms with Crippen LogP contribution in [-0.2, 0) is 16.9 Å². The molecule has 2 heterocycles. The smallest absolute Gasteiger partial charge is 0.408 e. The van der Waals surface area contributed by atoms with Gasteiger partial charge in [-0.3, -0.25) is 0 Å². The lowest BCUT2D eigenvalue weighted by molar-refractivity contribution is 0.128. The number of carbonyl (C=O) groups excluding carboxylic acids is 1. The third-order valence-corrected chi connectivity index (χ3v) is 3.63. The maximum absolute atomic E-state index is 12.1. The molecule has 0 aliphatic rings. The van der Waals surface area contributed by atoms with Gasteiger partial charge in [0.25, 0.3) is 0 Å². The summed E-state index contributed by atoms with van der Waals surface area (Å²) >= 11 is 0. The van der Waals surface area contributed by atoms with Crippen molar-refractivity contribution in [2.24, 2.45) is 0 Å². The van der Waals surface area contributed by atoms with E-state index in [4.69, 9.17) is 4.74 Å². The molecule has 3 rings (SSSR count). The van der Waals surface area contributed by atoms with Crippen molar-refractivity contribution in [1.29, 1.82) is 0 Å². The van der Waals surface area contributed by atoms with Crippen LogP contribution in [0.3, 0.4) is 0 Å². The first-order valence-corrected chi connectivity index (χ1v) is 7.48. The van der Waals surface area contributed by atoms with E-state index in [0.717, 1.165) is 16.9 Å². The van der Waals surface area contributed by atoms with Crippen molar-refractivity contribution >= 4 is 11.6 Å². The van der Waals surface area contributed by atoms with Gasteiger partial charge in [-0.25, -0.2) is 9.78 Å². The second kappa shape index (κ2) is 6.12. The van der Waals surface area contributed by atoms with Gasteiger partial charge in [-0.2, -0.15) is 0 Å². The minimum atomic E-state index is -0.651. The minimum Gasteiger partial charge on any atom is -0.445 e. The van der Waals surface area contributed by atoms with E-state index in [0.29, 0.717) is 0 Å². The molecule has 1 amide bonds. The molecular formula is C18H19N3O2. The van der Waals surface area contributed by atoms with E-state index in [1.807, 2.05) is 73.0 Å². The zero-order chi connectivity index (χ0) is 16.3. The standard InChI is InChI=1S/C18H19N3O2/c1-18(2,16-19-12-15-10-6-7-11-21(15)16)20-17(22)23-13-14-8-4-3-5-9-14/h3-12H,13H2,1-2H3,(H,20,22). The molecule has 0 unspecified atom stereocenters. The first-order chi connectivity index (χ1) is 11.1. The summed E-state index contributed by atoms with van der Waals surface area (Å²) in [5, 5.41) is 2.88. The van der Waals surface area contributed by atoms with E-state index in [2.05, 4.69) is 10.3 Å². The average molecular weight is 309 g/mol. The van der Waals surface area contributed by atoms with E-state index in [9.17, 15) is 4.79 Å². The SMILES string of the molecule is CC(C)(NC(=O)OCc1ccccc1)c1ncc2ccccn12. The highest BCUT2D eigenvalue weighted by Gasteiger charge is 2.28. The van der Waals surface area contributed by atoms with Gasteiger partial charge < -0.3 is 14.5 Å². The average Bonchev–Trinajstić information content (AvgIpc) is 2.98. The number of ether oxygens (including phenoxy) is 1. The van der Waals surface area contributed by atoms with E-state index in [-0.39, 0.29) is 6.61 Å². The summed E-state index contributed by atoms with van der Waals surface area (Å²) in [5.74, 6) is 0.754. The van der Waals surface area contributed by atoms with Crippen LogP contribution in [0, 0.1) is 0 Å². The van der Waals surface area contributed by atoms with Crippen molar-refractivity contribution in [1.82, 2.24) is 14.7 Å². The highest BCUT2D eigenvalue weighted by Crippen LogP contribution is 2.20. The Kier molecular flexibility index (Phi) is 4.02. The topological polar surface area (TPSA) is 55.6 Å². The first-order valence-electron chi connectivity index (χ1n) is 7.48. The molecule has 0 bridgehead atoms. The van der Waals surface area contributed by atoms with Crippen molar-refractivity contribution in [3.63, 3.8) is 0 Å². The summed E-state index contributed by atoms with van der Waals surface area (Å²) in [6, 6.07) is 15.4. The van der Waals surface area contributed by atoms with Gasteiger partial charge in [-0.05, 0) is 31.5 Å². The van der Waals surface area contributed by atoms with E-state index < -0.39 is 11.6 Å². The van der Waals surface area contributed by atoms with Crippen molar-refractivity contribution in [2.75, 3.05) is 0 Å². The molecule has 23 heavy (non-hydrogen) atoms. The molecule has 1 N–H and O–H groups in total. The van der Waals surface area contributed by atoms with Gasteiger partial charge in [0.05, 0.1) is 17.3 Å². The fourth-order valence-electron chi connectivity index (χ4n) is 2.48. The predicted octanol–water partition coefficient (Wildman–Crippen LogP) is 3.50. The fourth-order valence-corrected chi connectivity index (χ4v) is 2.48. The number of benzene rings is 1. The molecule has 1 aromatic carbocycles. The van der Waals surface area contributed by atoms with Gasteiger partial charge in [-0.15, -0.1) is 0 Å². The molecule has 0 spiro atoms. The Balaban J connectivity index is 1.69. The predicted molar refractivity (Wildman–Crippen MR) is 88.0 cm³/mol. The summed E-state index contributed by atoms with van der Waals surface area (Å²) < 4.78 is 7.24. The van der Waals surface area contributed by atoms with E-state index in [1.165, 1.54) is 0 Å². The van der Waals surface area contributed by atoms with Crippen LogP contribution in [-0.4, -0.2) is 15.5 Å². The van der Waals surface area contributed by atoms with Crippen molar-refractivity contribution < 1.29 is 9.53 Å². The van der Waals surface area contributed by atoms with E-state index in [1.54, 1.807) is 6.20 Å². The Hall–Kier alpha value is -2.82. The normalized spacial score (nSPS) is 11.4. The maximum Gasteiger partial charge on any atom is 0.408 e. The molecule has 3 aromatic rings. The molecule has 5 nitrogen and oxygen atoms in total. The minimum absolute atomic E-state index is 0.241. The highest BCUT2D eigenvalue weighted by molar-refractivity contribution is 5.68. The number of alkyl carbamates (subject to hydrolysis) is 1. The largest absolute Gasteiger partial charge is 0.445 e. The third-order valence-electron chi connectivity index (χ3n) is 3.63. The lowest BCUT2D eigenvalue weighted by Gasteiger charge is -2.24. The summed E-state index contributed by atoms with van der Waals surface area (Å²) in [6.07, 6.45) is 3.25. The Morgan fingerprint density at radius 2 is 1.91 bits per heavy atom. The van der Waals surface area contributed by atoms with Crippen LogP contribution in [0.2, 0.25) is 0 Å². The number of rotatable bonds is 4. The first kappa shape index (κ1) is 15.1. The van der Waals surface area contributed by atoms with Crippen LogP contribution in [0.4, 0.5) is 4.79 Å². The van der Waals surface area contributed by atoms with Gasteiger partial charge in [-0.1, -0.05) is 36.4 Å². The van der Waals surface area contributed by atoms with Crippen LogP contribution in [0.25, 0.3) is 5.52 Å². The zero-order valence-corrected chi connectivity index (χ0v) is 13.2. The number of aromatic nitrogens is 2. The molecule has 2 aromatic heterocycles. The number of imidazole rings is 1. The van der Waals surface area contributed by atoms with Gasteiger partial charge >= 0.3 is 6.09 Å². The Labute approximate surface area is 134 Å². The molecule has 0 radical (unpaired) electrons. The molecule has 0 saturated carbocycles. The molecule has 0 aliphatic carbocycles. The number of amides is 1. The number of carbonyl (C=O) groups is 1. The van der Waals surface area contributed by atoms with Gasteiger partial charge in [0.1, 0.15) is 12.4 Å². The number of hydrogen-bond acceptors (Lipinski definition) is 3. The van der Waals surface area contributed by atoms with Crippen molar-refractivity contribution in [3.05, 3.63) is 72.3 Å². The van der Waals surface area contributed by atoms with Gasteiger partial charge in [0, 0.05) is 6.20 Å². The Morgan fingerprint density at radius 1 is 1.17 bits per heavy atom. The number of hydrogen-bond donors (Lipinski definition) is 1. The number of nitrogens with one attached hydrogen (secondary N) is 1. The summed E-state index contributed by atoms with van der Waals surface area (Å²) in [6.45, 7) is 4.04. The Bertz CT molecular complexity index is 809. The molecule has 5 heteroatoms.